The van der Waals surface area contributed by atoms with Crippen molar-refractivity contribution in [2.45, 2.75) is 32.4 Å². The van der Waals surface area contributed by atoms with E-state index in [9.17, 15) is 4.79 Å². The van der Waals surface area contributed by atoms with Gasteiger partial charge in [0.15, 0.2) is 0 Å². The van der Waals surface area contributed by atoms with Crippen molar-refractivity contribution < 1.29 is 9.90 Å². The van der Waals surface area contributed by atoms with Crippen molar-refractivity contribution in [3.05, 3.63) is 33.8 Å². The van der Waals surface area contributed by atoms with Gasteiger partial charge in [0, 0.05) is 17.1 Å². The number of hydrogen-bond acceptors (Lipinski definition) is 3. The van der Waals surface area contributed by atoms with Crippen LogP contribution in [0.25, 0.3) is 0 Å². The molecule has 0 saturated carbocycles. The molecule has 0 radical (unpaired) electrons. The Hall–Kier alpha value is -0.910. The fraction of sp³-hybridized carbons (Fsp3) is 0.562. The molecule has 2 rings (SSSR count). The second-order valence-electron chi connectivity index (χ2n) is 5.69. The van der Waals surface area contributed by atoms with Crippen molar-refractivity contribution in [3.8, 4) is 0 Å². The summed E-state index contributed by atoms with van der Waals surface area (Å²) < 4.78 is 0.875. The van der Waals surface area contributed by atoms with E-state index in [2.05, 4.69) is 39.7 Å². The molecule has 4 nitrogen and oxygen atoms in total. The topological polar surface area (TPSA) is 43.8 Å². The molecule has 0 aromatic heterocycles. The van der Waals surface area contributed by atoms with Crippen LogP contribution in [0.1, 0.15) is 35.7 Å². The van der Waals surface area contributed by atoms with Gasteiger partial charge < -0.3 is 10.0 Å². The number of carbonyl (C=O) groups is 1. The first-order valence-corrected chi connectivity index (χ1v) is 8.25. The molecule has 0 spiro atoms. The van der Waals surface area contributed by atoms with Crippen molar-refractivity contribution in [1.29, 1.82) is 0 Å². The van der Waals surface area contributed by atoms with Crippen LogP contribution < -0.4 is 0 Å². The number of likely N-dealkylation sites (tertiary alicyclic amines) is 1. The summed E-state index contributed by atoms with van der Waals surface area (Å²) in [5.41, 5.74) is 1.46. The first kappa shape index (κ1) is 16.5. The Labute approximate surface area is 134 Å². The van der Waals surface area contributed by atoms with Gasteiger partial charge in [0.25, 0.3) is 0 Å². The van der Waals surface area contributed by atoms with Crippen LogP contribution in [0.2, 0.25) is 0 Å². The van der Waals surface area contributed by atoms with E-state index in [-0.39, 0.29) is 0 Å². The molecule has 0 amide bonds. The molecule has 116 valence electrons. The zero-order chi connectivity index (χ0) is 15.4. The molecule has 1 aliphatic rings. The maximum atomic E-state index is 11.0. The van der Waals surface area contributed by atoms with Gasteiger partial charge in [-0.2, -0.15) is 0 Å². The molecule has 1 saturated heterocycles. The van der Waals surface area contributed by atoms with Crippen LogP contribution in [-0.4, -0.2) is 53.6 Å². The fourth-order valence-corrected chi connectivity index (χ4v) is 3.39. The predicted molar refractivity (Wildman–Crippen MR) is 87.7 cm³/mol. The number of rotatable bonds is 5. The summed E-state index contributed by atoms with van der Waals surface area (Å²) in [6.45, 7) is 6.54. The minimum absolute atomic E-state index is 0.324. The summed E-state index contributed by atoms with van der Waals surface area (Å²) in [6.07, 6.45) is 2.41. The Kier molecular flexibility index (Phi) is 5.79. The molecule has 0 bridgehead atoms. The molecule has 1 aromatic carbocycles. The lowest BCUT2D eigenvalue weighted by molar-refractivity contribution is 0.0696. The van der Waals surface area contributed by atoms with E-state index in [1.807, 2.05) is 6.07 Å². The molecule has 1 fully saturated rings. The van der Waals surface area contributed by atoms with Crippen molar-refractivity contribution in [2.75, 3.05) is 26.7 Å². The Morgan fingerprint density at radius 2 is 2.10 bits per heavy atom. The molecular formula is C16H23BrN2O2. The van der Waals surface area contributed by atoms with E-state index in [1.54, 1.807) is 12.1 Å². The number of carboxylic acids is 1. The minimum atomic E-state index is -0.887. The zero-order valence-corrected chi connectivity index (χ0v) is 14.3. The lowest BCUT2D eigenvalue weighted by atomic mass is 10.0. The van der Waals surface area contributed by atoms with Gasteiger partial charge in [-0.05, 0) is 57.2 Å². The lowest BCUT2D eigenvalue weighted by Crippen LogP contribution is -2.42. The molecule has 0 atom stereocenters. The molecule has 0 aliphatic carbocycles. The van der Waals surface area contributed by atoms with Crippen molar-refractivity contribution in [2.24, 2.45) is 0 Å². The standard InChI is InChI=1S/C16H23BrN2O2/c1-3-19-8-6-14(7-9-19)18(2)11-13-5-4-12(16(20)21)10-15(13)17/h4-5,10,14H,3,6-9,11H2,1-2H3,(H,20,21). The van der Waals surface area contributed by atoms with Gasteiger partial charge in [0.05, 0.1) is 5.56 Å². The Morgan fingerprint density at radius 1 is 1.43 bits per heavy atom. The minimum Gasteiger partial charge on any atom is -0.478 e. The molecule has 1 aromatic rings. The van der Waals surface area contributed by atoms with Crippen molar-refractivity contribution in [3.63, 3.8) is 0 Å². The maximum Gasteiger partial charge on any atom is 0.335 e. The number of aromatic carboxylic acids is 1. The van der Waals surface area contributed by atoms with E-state index in [0.29, 0.717) is 11.6 Å². The molecule has 1 N–H and O–H groups in total. The normalized spacial score (nSPS) is 17.3. The van der Waals surface area contributed by atoms with Crippen LogP contribution in [0.15, 0.2) is 22.7 Å². The zero-order valence-electron chi connectivity index (χ0n) is 12.7. The van der Waals surface area contributed by atoms with Crippen LogP contribution in [0.3, 0.4) is 0 Å². The van der Waals surface area contributed by atoms with E-state index >= 15 is 0 Å². The number of benzene rings is 1. The first-order valence-electron chi connectivity index (χ1n) is 7.45. The van der Waals surface area contributed by atoms with Crippen LogP contribution in [0.4, 0.5) is 0 Å². The van der Waals surface area contributed by atoms with Crippen LogP contribution in [0, 0.1) is 0 Å². The molecule has 1 aliphatic heterocycles. The second kappa shape index (κ2) is 7.38. The van der Waals surface area contributed by atoms with Gasteiger partial charge in [0.2, 0.25) is 0 Å². The molecular weight excluding hydrogens is 332 g/mol. The maximum absolute atomic E-state index is 11.0. The van der Waals surface area contributed by atoms with Crippen LogP contribution >= 0.6 is 15.9 Å². The van der Waals surface area contributed by atoms with E-state index in [1.165, 1.54) is 25.9 Å². The number of halogens is 1. The molecule has 1 heterocycles. The highest BCUT2D eigenvalue weighted by molar-refractivity contribution is 9.10. The average molecular weight is 355 g/mol. The Bertz CT molecular complexity index is 499. The number of nitrogens with zero attached hydrogens (tertiary/aromatic N) is 2. The third-order valence-corrected chi connectivity index (χ3v) is 5.09. The van der Waals surface area contributed by atoms with Crippen LogP contribution in [-0.2, 0) is 6.54 Å². The van der Waals surface area contributed by atoms with Crippen LogP contribution in [0.5, 0.6) is 0 Å². The van der Waals surface area contributed by atoms with Gasteiger partial charge in [-0.15, -0.1) is 0 Å². The molecule has 5 heteroatoms. The van der Waals surface area contributed by atoms with Gasteiger partial charge >= 0.3 is 5.97 Å². The first-order chi connectivity index (χ1) is 10.0. The van der Waals surface area contributed by atoms with Crippen molar-refractivity contribution >= 4 is 21.9 Å². The average Bonchev–Trinajstić information content (AvgIpc) is 2.49. The van der Waals surface area contributed by atoms with Gasteiger partial charge in [-0.25, -0.2) is 4.79 Å². The monoisotopic (exact) mass is 354 g/mol. The van der Waals surface area contributed by atoms with Gasteiger partial charge in [-0.3, -0.25) is 4.90 Å². The highest BCUT2D eigenvalue weighted by atomic mass is 79.9. The summed E-state index contributed by atoms with van der Waals surface area (Å²) >= 11 is 3.49. The van der Waals surface area contributed by atoms with Crippen molar-refractivity contribution in [1.82, 2.24) is 9.80 Å². The van der Waals surface area contributed by atoms with Gasteiger partial charge in [0.1, 0.15) is 0 Å². The van der Waals surface area contributed by atoms with E-state index in [4.69, 9.17) is 5.11 Å². The number of hydrogen-bond donors (Lipinski definition) is 1. The second-order valence-corrected chi connectivity index (χ2v) is 6.55. The molecule has 21 heavy (non-hydrogen) atoms. The predicted octanol–water partition coefficient (Wildman–Crippen LogP) is 3.06. The summed E-state index contributed by atoms with van der Waals surface area (Å²) in [5.74, 6) is -0.887. The summed E-state index contributed by atoms with van der Waals surface area (Å²) in [4.78, 5) is 15.8. The van der Waals surface area contributed by atoms with E-state index < -0.39 is 5.97 Å². The summed E-state index contributed by atoms with van der Waals surface area (Å²) in [5, 5.41) is 9.00. The van der Waals surface area contributed by atoms with Gasteiger partial charge in [-0.1, -0.05) is 28.9 Å². The van der Waals surface area contributed by atoms with E-state index in [0.717, 1.165) is 23.1 Å². The quantitative estimate of drug-likeness (QED) is 0.882. The highest BCUT2D eigenvalue weighted by Gasteiger charge is 2.22. The third-order valence-electron chi connectivity index (χ3n) is 4.35. The summed E-state index contributed by atoms with van der Waals surface area (Å²) in [6, 6.07) is 5.88. The highest BCUT2D eigenvalue weighted by Crippen LogP contribution is 2.23. The summed E-state index contributed by atoms with van der Waals surface area (Å²) in [7, 11) is 2.16. The number of piperidine rings is 1. The third kappa shape index (κ3) is 4.28. The Morgan fingerprint density at radius 3 is 2.62 bits per heavy atom. The Balaban J connectivity index is 1.96. The largest absolute Gasteiger partial charge is 0.478 e. The SMILES string of the molecule is CCN1CCC(N(C)Cc2ccc(C(=O)O)cc2Br)CC1. The smallest absolute Gasteiger partial charge is 0.335 e. The lowest BCUT2D eigenvalue weighted by Gasteiger charge is -2.36. The fourth-order valence-electron chi connectivity index (χ4n) is 2.88. The number of carboxylic acid groups (broad SMARTS) is 1. The molecule has 0 unspecified atom stereocenters.